The Kier molecular flexibility index (Phi) is 9.66. The standard InChI is InChI=1S/C30H31Cl2FN2O5/c1-17-25(29(37)39-3)27(23-9-6-21(31)16-24(23)32)26(18(2)34-17)30(38)40-15-14-35-12-10-20(11-13-35)28(36)19-4-7-22(33)8-5-19/h4-9,16,20,27,34H,10-15H2,1-3H3. The molecule has 1 fully saturated rings. The Morgan fingerprint density at radius 1 is 0.975 bits per heavy atom. The van der Waals surface area contributed by atoms with E-state index in [2.05, 4.69) is 10.2 Å². The molecule has 1 saturated heterocycles. The van der Waals surface area contributed by atoms with Gasteiger partial charge in [0.25, 0.3) is 0 Å². The maximum absolute atomic E-state index is 13.4. The lowest BCUT2D eigenvalue weighted by Gasteiger charge is -2.32. The molecule has 2 aromatic carbocycles. The number of carbonyl (C=O) groups excluding carboxylic acids is 3. The van der Waals surface area contributed by atoms with E-state index in [1.807, 2.05) is 0 Å². The fourth-order valence-corrected chi connectivity index (χ4v) is 5.82. The third-order valence-electron chi connectivity index (χ3n) is 7.39. The van der Waals surface area contributed by atoms with Crippen molar-refractivity contribution in [1.82, 2.24) is 10.2 Å². The Balaban J connectivity index is 1.41. The molecule has 0 aromatic heterocycles. The van der Waals surface area contributed by atoms with Crippen molar-refractivity contribution in [3.63, 3.8) is 0 Å². The highest BCUT2D eigenvalue weighted by Gasteiger charge is 2.39. The van der Waals surface area contributed by atoms with Gasteiger partial charge in [-0.1, -0.05) is 29.3 Å². The lowest BCUT2D eigenvalue weighted by atomic mass is 9.80. The van der Waals surface area contributed by atoms with E-state index in [1.54, 1.807) is 32.0 Å². The number of likely N-dealkylation sites (tertiary alicyclic amines) is 1. The van der Waals surface area contributed by atoms with Gasteiger partial charge >= 0.3 is 11.9 Å². The molecule has 0 aliphatic carbocycles. The number of rotatable bonds is 8. The third kappa shape index (κ3) is 6.57. The predicted octanol–water partition coefficient (Wildman–Crippen LogP) is 5.68. The van der Waals surface area contributed by atoms with Crippen LogP contribution in [0.4, 0.5) is 4.39 Å². The molecule has 0 amide bonds. The number of Topliss-reactive ketones (excluding diaryl/α,β-unsaturated/α-hetero) is 1. The molecular weight excluding hydrogens is 558 g/mol. The smallest absolute Gasteiger partial charge is 0.336 e. The van der Waals surface area contributed by atoms with Gasteiger partial charge in [-0.25, -0.2) is 14.0 Å². The first-order valence-electron chi connectivity index (χ1n) is 13.0. The third-order valence-corrected chi connectivity index (χ3v) is 7.95. The van der Waals surface area contributed by atoms with Crippen molar-refractivity contribution in [3.8, 4) is 0 Å². The Labute approximate surface area is 242 Å². The van der Waals surface area contributed by atoms with Crippen molar-refractivity contribution in [2.75, 3.05) is 33.4 Å². The first-order chi connectivity index (χ1) is 19.1. The Morgan fingerprint density at radius 2 is 1.60 bits per heavy atom. The molecule has 2 aromatic rings. The van der Waals surface area contributed by atoms with Crippen LogP contribution < -0.4 is 5.32 Å². The van der Waals surface area contributed by atoms with Gasteiger partial charge in [-0.05, 0) is 81.7 Å². The topological polar surface area (TPSA) is 84.9 Å². The minimum Gasteiger partial charge on any atom is -0.466 e. The van der Waals surface area contributed by atoms with Gasteiger partial charge < -0.3 is 14.8 Å². The molecule has 7 nitrogen and oxygen atoms in total. The van der Waals surface area contributed by atoms with Crippen LogP contribution in [0.15, 0.2) is 65.0 Å². The zero-order chi connectivity index (χ0) is 29.0. The number of esters is 2. The first-order valence-corrected chi connectivity index (χ1v) is 13.8. The van der Waals surface area contributed by atoms with E-state index in [1.165, 1.54) is 31.4 Å². The number of allylic oxidation sites excluding steroid dienone is 2. The summed E-state index contributed by atoms with van der Waals surface area (Å²) < 4.78 is 23.9. The molecule has 0 spiro atoms. The molecule has 1 unspecified atom stereocenters. The maximum Gasteiger partial charge on any atom is 0.336 e. The zero-order valence-corrected chi connectivity index (χ0v) is 24.1. The fourth-order valence-electron chi connectivity index (χ4n) is 5.31. The Hall–Kier alpha value is -3.20. The second-order valence-electron chi connectivity index (χ2n) is 9.92. The number of dihydropyridines is 1. The van der Waals surface area contributed by atoms with Crippen LogP contribution in [0.5, 0.6) is 0 Å². The Bertz CT molecular complexity index is 1360. The van der Waals surface area contributed by atoms with E-state index in [-0.39, 0.29) is 35.3 Å². The number of halogens is 3. The van der Waals surface area contributed by atoms with Crippen molar-refractivity contribution in [2.45, 2.75) is 32.6 Å². The molecule has 212 valence electrons. The van der Waals surface area contributed by atoms with E-state index < -0.39 is 17.9 Å². The SMILES string of the molecule is COC(=O)C1=C(C)NC(C)=C(C(=O)OCCN2CCC(C(=O)c3ccc(F)cc3)CC2)C1c1ccc(Cl)cc1Cl. The van der Waals surface area contributed by atoms with Crippen LogP contribution in [0.25, 0.3) is 0 Å². The monoisotopic (exact) mass is 588 g/mol. The van der Waals surface area contributed by atoms with Crippen LogP contribution in [0.3, 0.4) is 0 Å². The van der Waals surface area contributed by atoms with Crippen LogP contribution in [-0.4, -0.2) is 56.0 Å². The first kappa shape index (κ1) is 29.8. The normalized spacial score (nSPS) is 18.4. The zero-order valence-electron chi connectivity index (χ0n) is 22.6. The number of carbonyl (C=O) groups is 3. The van der Waals surface area contributed by atoms with Crippen molar-refractivity contribution < 1.29 is 28.2 Å². The number of ether oxygens (including phenoxy) is 2. The summed E-state index contributed by atoms with van der Waals surface area (Å²) in [6.45, 7) is 5.45. The van der Waals surface area contributed by atoms with Gasteiger partial charge in [0, 0.05) is 39.5 Å². The van der Waals surface area contributed by atoms with E-state index >= 15 is 0 Å². The second kappa shape index (κ2) is 13.0. The largest absolute Gasteiger partial charge is 0.466 e. The summed E-state index contributed by atoms with van der Waals surface area (Å²) in [5.74, 6) is -2.43. The van der Waals surface area contributed by atoms with Crippen LogP contribution >= 0.6 is 23.2 Å². The minimum atomic E-state index is -0.806. The summed E-state index contributed by atoms with van der Waals surface area (Å²) in [4.78, 5) is 41.1. The summed E-state index contributed by atoms with van der Waals surface area (Å²) in [6.07, 6.45) is 1.34. The molecular formula is C30H31Cl2FN2O5. The second-order valence-corrected chi connectivity index (χ2v) is 10.8. The van der Waals surface area contributed by atoms with Crippen molar-refractivity contribution in [1.29, 1.82) is 0 Å². The van der Waals surface area contributed by atoms with E-state index in [9.17, 15) is 18.8 Å². The molecule has 2 heterocycles. The molecule has 4 rings (SSSR count). The van der Waals surface area contributed by atoms with Crippen LogP contribution in [0, 0.1) is 11.7 Å². The minimum absolute atomic E-state index is 0.0231. The maximum atomic E-state index is 13.4. The number of nitrogens with zero attached hydrogens (tertiary/aromatic N) is 1. The van der Waals surface area contributed by atoms with Crippen molar-refractivity contribution in [2.24, 2.45) is 5.92 Å². The quantitative estimate of drug-likeness (QED) is 0.314. The predicted molar refractivity (Wildman–Crippen MR) is 151 cm³/mol. The van der Waals surface area contributed by atoms with E-state index in [0.29, 0.717) is 65.0 Å². The van der Waals surface area contributed by atoms with Gasteiger partial charge in [0.15, 0.2) is 5.78 Å². The number of piperidine rings is 1. The lowest BCUT2D eigenvalue weighted by molar-refractivity contribution is -0.140. The van der Waals surface area contributed by atoms with Crippen molar-refractivity contribution in [3.05, 3.63) is 92.0 Å². The fraction of sp³-hybridized carbons (Fsp3) is 0.367. The summed E-state index contributed by atoms with van der Waals surface area (Å²) >= 11 is 12.6. The average Bonchev–Trinajstić information content (AvgIpc) is 2.92. The summed E-state index contributed by atoms with van der Waals surface area (Å²) in [5.41, 5.74) is 2.67. The number of hydrogen-bond acceptors (Lipinski definition) is 7. The van der Waals surface area contributed by atoms with E-state index in [4.69, 9.17) is 32.7 Å². The van der Waals surface area contributed by atoms with Crippen LogP contribution in [0.2, 0.25) is 10.0 Å². The highest BCUT2D eigenvalue weighted by molar-refractivity contribution is 6.35. The van der Waals surface area contributed by atoms with Gasteiger partial charge in [0.05, 0.1) is 24.2 Å². The molecule has 1 N–H and O–H groups in total. The molecule has 0 radical (unpaired) electrons. The van der Waals surface area contributed by atoms with E-state index in [0.717, 1.165) is 0 Å². The molecule has 10 heteroatoms. The average molecular weight is 589 g/mol. The highest BCUT2D eigenvalue weighted by Crippen LogP contribution is 2.42. The molecule has 1 atom stereocenters. The lowest BCUT2D eigenvalue weighted by Crippen LogP contribution is -2.39. The molecule has 2 aliphatic rings. The number of nitrogens with one attached hydrogen (secondary N) is 1. The highest BCUT2D eigenvalue weighted by atomic mass is 35.5. The number of methoxy groups -OCH3 is 1. The number of benzene rings is 2. The molecule has 0 bridgehead atoms. The molecule has 40 heavy (non-hydrogen) atoms. The number of ketones is 1. The van der Waals surface area contributed by atoms with Gasteiger partial charge in [-0.2, -0.15) is 0 Å². The van der Waals surface area contributed by atoms with Crippen molar-refractivity contribution >= 4 is 40.9 Å². The van der Waals surface area contributed by atoms with Gasteiger partial charge in [0.1, 0.15) is 12.4 Å². The van der Waals surface area contributed by atoms with Gasteiger partial charge in [-0.3, -0.25) is 9.69 Å². The number of hydrogen-bond donors (Lipinski definition) is 1. The van der Waals surface area contributed by atoms with Gasteiger partial charge in [-0.15, -0.1) is 0 Å². The Morgan fingerprint density at radius 3 is 2.20 bits per heavy atom. The van der Waals surface area contributed by atoms with Crippen LogP contribution in [0.1, 0.15) is 48.5 Å². The molecule has 2 aliphatic heterocycles. The van der Waals surface area contributed by atoms with Crippen LogP contribution in [-0.2, 0) is 19.1 Å². The summed E-state index contributed by atoms with van der Waals surface area (Å²) in [6, 6.07) is 10.5. The summed E-state index contributed by atoms with van der Waals surface area (Å²) in [7, 11) is 1.28. The summed E-state index contributed by atoms with van der Waals surface area (Å²) in [5, 5.41) is 3.84. The molecule has 0 saturated carbocycles. The van der Waals surface area contributed by atoms with Gasteiger partial charge in [0.2, 0.25) is 0 Å².